The highest BCUT2D eigenvalue weighted by atomic mass is 32.2. The van der Waals surface area contributed by atoms with Gasteiger partial charge in [0.1, 0.15) is 5.82 Å². The van der Waals surface area contributed by atoms with Gasteiger partial charge in [-0.15, -0.1) is 0 Å². The van der Waals surface area contributed by atoms with Crippen molar-refractivity contribution in [1.29, 1.82) is 0 Å². The van der Waals surface area contributed by atoms with E-state index in [4.69, 9.17) is 0 Å². The summed E-state index contributed by atoms with van der Waals surface area (Å²) in [5.41, 5.74) is 2.24. The summed E-state index contributed by atoms with van der Waals surface area (Å²) in [4.78, 5) is 16.9. The van der Waals surface area contributed by atoms with Crippen molar-refractivity contribution < 1.29 is 18.0 Å². The minimum Gasteiger partial charge on any atom is -0.346 e. The van der Waals surface area contributed by atoms with Crippen molar-refractivity contribution in [3.8, 4) is 11.3 Å². The van der Waals surface area contributed by atoms with E-state index in [1.54, 1.807) is 23.9 Å². The van der Waals surface area contributed by atoms with Gasteiger partial charge in [-0.2, -0.15) is 0 Å². The van der Waals surface area contributed by atoms with Crippen molar-refractivity contribution in [2.24, 2.45) is 0 Å². The number of benzene rings is 2. The van der Waals surface area contributed by atoms with E-state index in [9.17, 15) is 18.0 Å². The lowest BCUT2D eigenvalue weighted by atomic mass is 10.1. The molecule has 1 aliphatic rings. The first kappa shape index (κ1) is 17.7. The Bertz CT molecular complexity index is 1020. The van der Waals surface area contributed by atoms with Crippen LogP contribution >= 0.6 is 11.8 Å². The van der Waals surface area contributed by atoms with Crippen LogP contribution in [-0.2, 0) is 13.1 Å². The van der Waals surface area contributed by atoms with E-state index in [-0.39, 0.29) is 17.9 Å². The smallest absolute Gasteiger partial charge is 0.251 e. The topological polar surface area (TPSA) is 46.9 Å². The molecule has 0 saturated carbocycles. The van der Waals surface area contributed by atoms with Crippen LogP contribution in [0.15, 0.2) is 47.6 Å². The van der Waals surface area contributed by atoms with Crippen molar-refractivity contribution >= 4 is 17.7 Å². The van der Waals surface area contributed by atoms with Gasteiger partial charge in [0.05, 0.1) is 17.9 Å². The van der Waals surface area contributed by atoms with Gasteiger partial charge in [0.25, 0.3) is 5.91 Å². The fourth-order valence-corrected chi connectivity index (χ4v) is 3.92. The Hall–Kier alpha value is -2.74. The van der Waals surface area contributed by atoms with E-state index in [1.165, 1.54) is 18.2 Å². The highest BCUT2D eigenvalue weighted by Gasteiger charge is 2.23. The van der Waals surface area contributed by atoms with Gasteiger partial charge >= 0.3 is 0 Å². The van der Waals surface area contributed by atoms with Crippen molar-refractivity contribution in [2.75, 3.05) is 5.75 Å². The van der Waals surface area contributed by atoms with Crippen LogP contribution in [0, 0.1) is 17.5 Å². The molecule has 2 heterocycles. The zero-order valence-electron chi connectivity index (χ0n) is 14.0. The Morgan fingerprint density at radius 2 is 1.89 bits per heavy atom. The molecular weight excluding hydrogens is 375 g/mol. The molecule has 4 nitrogen and oxygen atoms in total. The average molecular weight is 389 g/mol. The number of carbonyl (C=O) groups excluding carboxylic acids is 1. The van der Waals surface area contributed by atoms with Gasteiger partial charge in [-0.1, -0.05) is 11.8 Å². The molecule has 138 valence electrons. The van der Waals surface area contributed by atoms with Crippen LogP contribution in [-0.4, -0.2) is 21.2 Å². The second kappa shape index (κ2) is 7.11. The van der Waals surface area contributed by atoms with Crippen molar-refractivity contribution in [3.05, 3.63) is 71.2 Å². The largest absolute Gasteiger partial charge is 0.346 e. The molecule has 1 aliphatic heterocycles. The maximum atomic E-state index is 13.3. The van der Waals surface area contributed by atoms with Gasteiger partial charge in [-0.25, -0.2) is 18.2 Å². The number of fused-ring (bicyclic) bond motifs is 1. The molecule has 1 amide bonds. The molecule has 0 radical (unpaired) electrons. The molecule has 0 unspecified atom stereocenters. The second-order valence-electron chi connectivity index (χ2n) is 6.01. The summed E-state index contributed by atoms with van der Waals surface area (Å²) < 4.78 is 41.6. The summed E-state index contributed by atoms with van der Waals surface area (Å²) in [7, 11) is 0. The molecule has 1 aromatic heterocycles. The predicted molar refractivity (Wildman–Crippen MR) is 95.9 cm³/mol. The first-order valence-electron chi connectivity index (χ1n) is 8.24. The van der Waals surface area contributed by atoms with Gasteiger partial charge in [-0.05, 0) is 42.5 Å². The zero-order valence-corrected chi connectivity index (χ0v) is 14.8. The van der Waals surface area contributed by atoms with Gasteiger partial charge in [-0.3, -0.25) is 4.79 Å². The molecule has 2 aromatic carbocycles. The lowest BCUT2D eigenvalue weighted by Crippen LogP contribution is -2.24. The molecule has 8 heteroatoms. The number of imidazole rings is 1. The highest BCUT2D eigenvalue weighted by molar-refractivity contribution is 7.99. The van der Waals surface area contributed by atoms with Crippen LogP contribution in [0.4, 0.5) is 13.2 Å². The molecule has 0 atom stereocenters. The Morgan fingerprint density at radius 3 is 2.63 bits per heavy atom. The third-order valence-corrected chi connectivity index (χ3v) is 5.26. The number of nitrogens with zero attached hydrogens (tertiary/aromatic N) is 2. The first-order valence-corrected chi connectivity index (χ1v) is 9.23. The maximum absolute atomic E-state index is 13.3. The number of halogens is 3. The van der Waals surface area contributed by atoms with E-state index < -0.39 is 17.5 Å². The van der Waals surface area contributed by atoms with Crippen molar-refractivity contribution in [1.82, 2.24) is 14.9 Å². The summed E-state index contributed by atoms with van der Waals surface area (Å²) in [6.07, 6.45) is 0. The molecule has 0 aliphatic carbocycles. The predicted octanol–water partition coefficient (Wildman–Crippen LogP) is 4.00. The summed E-state index contributed by atoms with van der Waals surface area (Å²) >= 11 is 1.61. The number of amides is 1. The standard InChI is InChI=1S/C19H14F3N3OS/c20-13-4-1-11(2-5-13)17-16(25-7-8-27-19(25)24-17)10-23-18(26)12-3-6-14(21)15(22)9-12/h1-6,9H,7-8,10H2,(H,23,26). The summed E-state index contributed by atoms with van der Waals surface area (Å²) in [5, 5.41) is 3.57. The van der Waals surface area contributed by atoms with Crippen molar-refractivity contribution in [3.63, 3.8) is 0 Å². The Labute approximate surface area is 157 Å². The normalized spacial score (nSPS) is 12.9. The molecule has 0 spiro atoms. The Morgan fingerprint density at radius 1 is 1.11 bits per heavy atom. The number of aromatic nitrogens is 2. The van der Waals surface area contributed by atoms with E-state index in [1.807, 2.05) is 4.57 Å². The van der Waals surface area contributed by atoms with Crippen LogP contribution in [0.2, 0.25) is 0 Å². The number of nitrogens with one attached hydrogen (secondary N) is 1. The SMILES string of the molecule is O=C(NCc1c(-c2ccc(F)cc2)nc2n1CCS2)c1ccc(F)c(F)c1. The van der Waals surface area contributed by atoms with Crippen LogP contribution in [0.1, 0.15) is 16.1 Å². The molecule has 3 aromatic rings. The van der Waals surface area contributed by atoms with Crippen molar-refractivity contribution in [2.45, 2.75) is 18.2 Å². The summed E-state index contributed by atoms with van der Waals surface area (Å²) in [6.45, 7) is 0.919. The maximum Gasteiger partial charge on any atom is 0.251 e. The van der Waals surface area contributed by atoms with E-state index in [0.29, 0.717) is 5.69 Å². The minimum absolute atomic E-state index is 0.0350. The minimum atomic E-state index is -1.07. The van der Waals surface area contributed by atoms with Crippen LogP contribution in [0.3, 0.4) is 0 Å². The molecule has 0 bridgehead atoms. The van der Waals surface area contributed by atoms with Gasteiger partial charge in [0.2, 0.25) is 0 Å². The molecule has 0 fully saturated rings. The summed E-state index contributed by atoms with van der Waals surface area (Å²) in [5.74, 6) is -2.05. The highest BCUT2D eigenvalue weighted by Crippen LogP contribution is 2.33. The zero-order chi connectivity index (χ0) is 19.0. The monoisotopic (exact) mass is 389 g/mol. The molecule has 27 heavy (non-hydrogen) atoms. The van der Waals surface area contributed by atoms with Crippen LogP contribution in [0.25, 0.3) is 11.3 Å². The van der Waals surface area contributed by atoms with E-state index in [0.717, 1.165) is 40.8 Å². The number of thioether (sulfide) groups is 1. The van der Waals surface area contributed by atoms with Gasteiger partial charge < -0.3 is 9.88 Å². The average Bonchev–Trinajstić information content (AvgIpc) is 3.24. The fourth-order valence-electron chi connectivity index (χ4n) is 2.95. The number of hydrogen-bond acceptors (Lipinski definition) is 3. The number of carbonyl (C=O) groups is 1. The third-order valence-electron chi connectivity index (χ3n) is 4.30. The fraction of sp³-hybridized carbons (Fsp3) is 0.158. The Kier molecular flexibility index (Phi) is 4.65. The van der Waals surface area contributed by atoms with Crippen LogP contribution < -0.4 is 5.32 Å². The Balaban J connectivity index is 1.60. The lowest BCUT2D eigenvalue weighted by Gasteiger charge is -2.10. The van der Waals surface area contributed by atoms with Crippen LogP contribution in [0.5, 0.6) is 0 Å². The molecule has 0 saturated heterocycles. The number of rotatable bonds is 4. The van der Waals surface area contributed by atoms with Gasteiger partial charge in [0, 0.05) is 23.4 Å². The third kappa shape index (κ3) is 3.44. The van der Waals surface area contributed by atoms with E-state index >= 15 is 0 Å². The molecule has 1 N–H and O–H groups in total. The number of hydrogen-bond donors (Lipinski definition) is 1. The molecular formula is C19H14F3N3OS. The van der Waals surface area contributed by atoms with Gasteiger partial charge in [0.15, 0.2) is 16.8 Å². The lowest BCUT2D eigenvalue weighted by molar-refractivity contribution is 0.0949. The second-order valence-corrected chi connectivity index (χ2v) is 7.07. The van der Waals surface area contributed by atoms with E-state index in [2.05, 4.69) is 10.3 Å². The first-order chi connectivity index (χ1) is 13.0. The molecule has 4 rings (SSSR count). The summed E-state index contributed by atoms with van der Waals surface area (Å²) in [6, 6.07) is 9.00. The quantitative estimate of drug-likeness (QED) is 0.734.